The second-order valence-corrected chi connectivity index (χ2v) is 5.37. The average Bonchev–Trinajstić information content (AvgIpc) is 1.84. The van der Waals surface area contributed by atoms with Gasteiger partial charge in [0.25, 0.3) is 0 Å². The lowest BCUT2D eigenvalue weighted by Gasteiger charge is -2.08. The minimum Gasteiger partial charge on any atom is -0.300 e. The highest BCUT2D eigenvalue weighted by Crippen LogP contribution is 2.30. The molecule has 0 spiro atoms. The summed E-state index contributed by atoms with van der Waals surface area (Å²) in [5, 5.41) is 0. The smallest absolute Gasteiger partial charge is 0.197 e. The van der Waals surface area contributed by atoms with Crippen LogP contribution in [0.3, 0.4) is 0 Å². The van der Waals surface area contributed by atoms with Crippen molar-refractivity contribution in [3.63, 3.8) is 0 Å². The van der Waals surface area contributed by atoms with Crippen LogP contribution in [0.5, 0.6) is 0 Å². The fourth-order valence-corrected chi connectivity index (χ4v) is 1.36. The van der Waals surface area contributed by atoms with Gasteiger partial charge in [0.15, 0.2) is 3.79 Å². The number of unbranched alkanes of at least 4 members (excludes halogenated alkanes) is 1. The average molecular weight is 252 g/mol. The first-order chi connectivity index (χ1) is 5.45. The predicted octanol–water partition coefficient (Wildman–Crippen LogP) is 3.72. The van der Waals surface area contributed by atoms with E-state index >= 15 is 0 Å². The highest BCUT2D eigenvalue weighted by molar-refractivity contribution is 6.68. The lowest BCUT2D eigenvalue weighted by molar-refractivity contribution is -0.119. The molecule has 0 atom stereocenters. The van der Waals surface area contributed by atoms with Crippen LogP contribution >= 0.6 is 46.4 Å². The van der Waals surface area contributed by atoms with Crippen LogP contribution in [0, 0.1) is 0 Å². The molecule has 0 aliphatic rings. The molecule has 0 heterocycles. The molecule has 1 nitrogen and oxygen atoms in total. The highest BCUT2D eigenvalue weighted by Gasteiger charge is 2.23. The molecule has 0 radical (unpaired) electrons. The fraction of sp³-hybridized carbons (Fsp3) is 0.857. The molecule has 0 aromatic heterocycles. The van der Waals surface area contributed by atoms with Gasteiger partial charge in [0.2, 0.25) is 0 Å². The van der Waals surface area contributed by atoms with E-state index in [1.165, 1.54) is 0 Å². The van der Waals surface area contributed by atoms with Gasteiger partial charge in [-0.3, -0.25) is 4.79 Å². The van der Waals surface area contributed by atoms with E-state index in [-0.39, 0.29) is 12.2 Å². The number of carbonyl (C=O) groups excluding carboxylic acids is 1. The van der Waals surface area contributed by atoms with E-state index in [9.17, 15) is 4.79 Å². The van der Waals surface area contributed by atoms with Crippen LogP contribution in [-0.2, 0) is 4.79 Å². The third-order valence-electron chi connectivity index (χ3n) is 1.24. The first-order valence-electron chi connectivity index (χ1n) is 3.60. The van der Waals surface area contributed by atoms with Gasteiger partial charge in [-0.1, -0.05) is 34.8 Å². The van der Waals surface area contributed by atoms with Crippen molar-refractivity contribution in [2.75, 3.05) is 5.88 Å². The fourth-order valence-electron chi connectivity index (χ4n) is 0.729. The zero-order valence-corrected chi connectivity index (χ0v) is 9.48. The minimum atomic E-state index is -1.45. The Kier molecular flexibility index (Phi) is 6.75. The van der Waals surface area contributed by atoms with Crippen LogP contribution in [0.15, 0.2) is 0 Å². The van der Waals surface area contributed by atoms with Gasteiger partial charge in [-0.2, -0.15) is 0 Å². The molecule has 0 bridgehead atoms. The van der Waals surface area contributed by atoms with Gasteiger partial charge in [0, 0.05) is 12.3 Å². The van der Waals surface area contributed by atoms with Crippen LogP contribution in [-0.4, -0.2) is 15.5 Å². The van der Waals surface area contributed by atoms with E-state index < -0.39 is 3.79 Å². The van der Waals surface area contributed by atoms with E-state index in [1.54, 1.807) is 0 Å². The van der Waals surface area contributed by atoms with Crippen molar-refractivity contribution in [1.82, 2.24) is 0 Å². The Morgan fingerprint density at radius 3 is 2.17 bits per heavy atom. The van der Waals surface area contributed by atoms with Crippen LogP contribution in [0.1, 0.15) is 25.7 Å². The molecule has 0 saturated heterocycles. The summed E-state index contributed by atoms with van der Waals surface area (Å²) in [5.74, 6) is 0.543. The van der Waals surface area contributed by atoms with Gasteiger partial charge in [0.05, 0.1) is 6.42 Å². The highest BCUT2D eigenvalue weighted by atomic mass is 35.6. The molecule has 0 amide bonds. The normalized spacial score (nSPS) is 11.7. The Bertz CT molecular complexity index is 141. The number of Topliss-reactive ketones (excluding diaryl/α,β-unsaturated/α-hetero) is 1. The number of halogens is 4. The van der Waals surface area contributed by atoms with Crippen molar-refractivity contribution in [3.8, 4) is 0 Å². The minimum absolute atomic E-state index is 0.0139. The summed E-state index contributed by atoms with van der Waals surface area (Å²) in [6.45, 7) is 0. The van der Waals surface area contributed by atoms with E-state index in [0.717, 1.165) is 12.8 Å². The molecule has 0 aliphatic heterocycles. The molecule has 5 heteroatoms. The van der Waals surface area contributed by atoms with Gasteiger partial charge >= 0.3 is 0 Å². The summed E-state index contributed by atoms with van der Waals surface area (Å²) in [7, 11) is 0. The quantitative estimate of drug-likeness (QED) is 0.538. The SMILES string of the molecule is O=C(CCCCCl)CC(Cl)(Cl)Cl. The van der Waals surface area contributed by atoms with E-state index in [2.05, 4.69) is 0 Å². The van der Waals surface area contributed by atoms with Crippen molar-refractivity contribution in [3.05, 3.63) is 0 Å². The summed E-state index contributed by atoms with van der Waals surface area (Å²) >= 11 is 21.7. The Labute approximate surface area is 92.3 Å². The van der Waals surface area contributed by atoms with Crippen molar-refractivity contribution in [2.45, 2.75) is 29.5 Å². The molecule has 0 aromatic carbocycles. The van der Waals surface area contributed by atoms with Crippen molar-refractivity contribution < 1.29 is 4.79 Å². The van der Waals surface area contributed by atoms with Crippen LogP contribution < -0.4 is 0 Å². The van der Waals surface area contributed by atoms with Gasteiger partial charge in [-0.15, -0.1) is 11.6 Å². The Balaban J connectivity index is 3.47. The van der Waals surface area contributed by atoms with E-state index in [4.69, 9.17) is 46.4 Å². The largest absolute Gasteiger partial charge is 0.300 e. The second kappa shape index (κ2) is 6.31. The molecule has 0 saturated carbocycles. The molecule has 0 unspecified atom stereocenters. The zero-order valence-electron chi connectivity index (χ0n) is 6.46. The first-order valence-corrected chi connectivity index (χ1v) is 5.27. The molecular weight excluding hydrogens is 242 g/mol. The zero-order chi connectivity index (χ0) is 9.61. The topological polar surface area (TPSA) is 17.1 Å². The molecular formula is C7H10Cl4O. The third-order valence-corrected chi connectivity index (χ3v) is 1.91. The van der Waals surface area contributed by atoms with Crippen LogP contribution in [0.4, 0.5) is 0 Å². The predicted molar refractivity (Wildman–Crippen MR) is 54.5 cm³/mol. The number of alkyl halides is 4. The molecule has 0 N–H and O–H groups in total. The maximum atomic E-state index is 11.0. The summed E-state index contributed by atoms with van der Waals surface area (Å²) in [5.41, 5.74) is 0. The Morgan fingerprint density at radius 2 is 1.75 bits per heavy atom. The Hall–Kier alpha value is 0.830. The number of carbonyl (C=O) groups is 1. The number of ketones is 1. The number of rotatable bonds is 5. The molecule has 0 fully saturated rings. The summed E-state index contributed by atoms with van der Waals surface area (Å²) < 4.78 is -1.45. The van der Waals surface area contributed by atoms with E-state index in [0.29, 0.717) is 12.3 Å². The van der Waals surface area contributed by atoms with E-state index in [1.807, 2.05) is 0 Å². The lowest BCUT2D eigenvalue weighted by Crippen LogP contribution is -2.10. The Morgan fingerprint density at radius 1 is 1.17 bits per heavy atom. The van der Waals surface area contributed by atoms with Crippen LogP contribution in [0.25, 0.3) is 0 Å². The third kappa shape index (κ3) is 8.92. The van der Waals surface area contributed by atoms with Crippen molar-refractivity contribution >= 4 is 52.2 Å². The molecule has 0 rings (SSSR count). The molecule has 0 aromatic rings. The number of hydrogen-bond donors (Lipinski definition) is 0. The molecule has 12 heavy (non-hydrogen) atoms. The maximum absolute atomic E-state index is 11.0. The van der Waals surface area contributed by atoms with Crippen LogP contribution in [0.2, 0.25) is 0 Å². The van der Waals surface area contributed by atoms with Crippen molar-refractivity contribution in [2.24, 2.45) is 0 Å². The van der Waals surface area contributed by atoms with Gasteiger partial charge in [0.1, 0.15) is 5.78 Å². The molecule has 0 aliphatic carbocycles. The standard InChI is InChI=1S/C7H10Cl4O/c8-4-2-1-3-6(12)5-7(9,10)11/h1-5H2. The maximum Gasteiger partial charge on any atom is 0.197 e. The van der Waals surface area contributed by atoms with Gasteiger partial charge in [-0.25, -0.2) is 0 Å². The monoisotopic (exact) mass is 250 g/mol. The van der Waals surface area contributed by atoms with Crippen molar-refractivity contribution in [1.29, 1.82) is 0 Å². The summed E-state index contributed by atoms with van der Waals surface area (Å²) in [6, 6.07) is 0. The summed E-state index contributed by atoms with van der Waals surface area (Å²) in [4.78, 5) is 11.0. The first kappa shape index (κ1) is 12.8. The summed E-state index contributed by atoms with van der Waals surface area (Å²) in [6.07, 6.45) is 2.02. The second-order valence-electron chi connectivity index (χ2n) is 2.48. The van der Waals surface area contributed by atoms with Gasteiger partial charge < -0.3 is 0 Å². The lowest BCUT2D eigenvalue weighted by atomic mass is 10.1. The van der Waals surface area contributed by atoms with Gasteiger partial charge in [-0.05, 0) is 12.8 Å². The number of hydrogen-bond acceptors (Lipinski definition) is 1. The molecule has 72 valence electrons.